The molecule has 11 heavy (non-hydrogen) atoms. The van der Waals surface area contributed by atoms with Crippen molar-refractivity contribution in [2.24, 2.45) is 0 Å². The van der Waals surface area contributed by atoms with Crippen LogP contribution in [0.25, 0.3) is 0 Å². The molecule has 0 heterocycles. The van der Waals surface area contributed by atoms with Gasteiger partial charge in [-0.3, -0.25) is 0 Å². The SMILES string of the molecule is CCCCc1ccccc1[Se]. The van der Waals surface area contributed by atoms with Crippen LogP contribution in [-0.2, 0) is 6.42 Å². The normalized spacial score (nSPS) is 9.91. The van der Waals surface area contributed by atoms with Crippen molar-refractivity contribution in [1.29, 1.82) is 0 Å². The predicted octanol–water partition coefficient (Wildman–Crippen LogP) is 1.82. The second kappa shape index (κ2) is 4.58. The second-order valence-corrected chi connectivity index (χ2v) is 3.63. The van der Waals surface area contributed by atoms with Gasteiger partial charge < -0.3 is 0 Å². The summed E-state index contributed by atoms with van der Waals surface area (Å²) in [5.74, 6) is 0. The summed E-state index contributed by atoms with van der Waals surface area (Å²) in [6.45, 7) is 2.22. The van der Waals surface area contributed by atoms with Crippen LogP contribution in [0.15, 0.2) is 24.3 Å². The van der Waals surface area contributed by atoms with Crippen LogP contribution in [0.4, 0.5) is 0 Å². The van der Waals surface area contributed by atoms with Crippen LogP contribution < -0.4 is 4.46 Å². The zero-order chi connectivity index (χ0) is 8.10. The summed E-state index contributed by atoms with van der Waals surface area (Å²) in [6.07, 6.45) is 3.77. The van der Waals surface area contributed by atoms with Crippen molar-refractivity contribution in [3.8, 4) is 0 Å². The number of benzene rings is 1. The third kappa shape index (κ3) is 2.69. The quantitative estimate of drug-likeness (QED) is 0.670. The van der Waals surface area contributed by atoms with Gasteiger partial charge in [0.15, 0.2) is 0 Å². The first-order valence-corrected chi connectivity index (χ1v) is 4.95. The summed E-state index contributed by atoms with van der Waals surface area (Å²) in [5.41, 5.74) is 1.45. The van der Waals surface area contributed by atoms with Crippen LogP contribution in [0, 0.1) is 0 Å². The molecule has 0 aliphatic carbocycles. The molecule has 1 aromatic carbocycles. The van der Waals surface area contributed by atoms with Crippen molar-refractivity contribution >= 4 is 20.5 Å². The van der Waals surface area contributed by atoms with Gasteiger partial charge in [-0.2, -0.15) is 0 Å². The van der Waals surface area contributed by atoms with Gasteiger partial charge in [-0.05, 0) is 0 Å². The first-order valence-electron chi connectivity index (χ1n) is 4.09. The molecule has 0 saturated carbocycles. The number of hydrogen-bond acceptors (Lipinski definition) is 0. The fourth-order valence-electron chi connectivity index (χ4n) is 1.08. The second-order valence-electron chi connectivity index (χ2n) is 2.71. The van der Waals surface area contributed by atoms with Gasteiger partial charge in [0.05, 0.1) is 0 Å². The standard InChI is InChI=1S/C10H13Se/c1-2-3-6-9-7-4-5-8-10(9)11/h4-5,7-8H,2-3,6H2,1H3. The van der Waals surface area contributed by atoms with E-state index in [1.54, 1.807) is 0 Å². The Morgan fingerprint density at radius 2 is 2.00 bits per heavy atom. The maximum absolute atomic E-state index is 3.08. The molecule has 0 N–H and O–H groups in total. The Balaban J connectivity index is 2.62. The van der Waals surface area contributed by atoms with Crippen molar-refractivity contribution in [2.45, 2.75) is 26.2 Å². The van der Waals surface area contributed by atoms with Crippen LogP contribution in [0.2, 0.25) is 0 Å². The van der Waals surface area contributed by atoms with E-state index >= 15 is 0 Å². The van der Waals surface area contributed by atoms with Crippen molar-refractivity contribution in [1.82, 2.24) is 0 Å². The van der Waals surface area contributed by atoms with Crippen molar-refractivity contribution in [3.05, 3.63) is 29.8 Å². The monoisotopic (exact) mass is 213 g/mol. The molecule has 0 spiro atoms. The minimum atomic E-state index is 1.21. The van der Waals surface area contributed by atoms with Gasteiger partial charge in [-0.25, -0.2) is 0 Å². The Bertz CT molecular complexity index is 218. The minimum absolute atomic E-state index is 1.21. The Morgan fingerprint density at radius 1 is 1.27 bits per heavy atom. The zero-order valence-electron chi connectivity index (χ0n) is 6.84. The van der Waals surface area contributed by atoms with Gasteiger partial charge in [0.1, 0.15) is 0 Å². The van der Waals surface area contributed by atoms with Gasteiger partial charge in [0.25, 0.3) is 0 Å². The molecular weight excluding hydrogens is 199 g/mol. The summed E-state index contributed by atoms with van der Waals surface area (Å²) in [6, 6.07) is 8.50. The van der Waals surface area contributed by atoms with E-state index in [1.807, 2.05) is 0 Å². The van der Waals surface area contributed by atoms with E-state index < -0.39 is 0 Å². The molecule has 0 aliphatic rings. The van der Waals surface area contributed by atoms with Crippen molar-refractivity contribution in [2.75, 3.05) is 0 Å². The van der Waals surface area contributed by atoms with Crippen molar-refractivity contribution < 1.29 is 0 Å². The van der Waals surface area contributed by atoms with Crippen LogP contribution in [0.1, 0.15) is 25.3 Å². The van der Waals surface area contributed by atoms with Gasteiger partial charge >= 0.3 is 76.5 Å². The Hall–Kier alpha value is -0.261. The summed E-state index contributed by atoms with van der Waals surface area (Å²) in [4.78, 5) is 0. The topological polar surface area (TPSA) is 0 Å². The molecule has 59 valence electrons. The molecule has 0 amide bonds. The molecular formula is C10H13Se. The Kier molecular flexibility index (Phi) is 3.68. The molecule has 1 heteroatoms. The molecule has 0 nitrogen and oxygen atoms in total. The van der Waals surface area contributed by atoms with Gasteiger partial charge in [0, 0.05) is 0 Å². The van der Waals surface area contributed by atoms with E-state index in [-0.39, 0.29) is 0 Å². The Morgan fingerprint density at radius 3 is 2.64 bits per heavy atom. The zero-order valence-corrected chi connectivity index (χ0v) is 8.55. The summed E-state index contributed by atoms with van der Waals surface area (Å²) in [5, 5.41) is 0. The first kappa shape index (κ1) is 8.83. The summed E-state index contributed by atoms with van der Waals surface area (Å²) >= 11 is 3.08. The van der Waals surface area contributed by atoms with Gasteiger partial charge in [-0.1, -0.05) is 0 Å². The maximum atomic E-state index is 3.08. The number of rotatable bonds is 3. The molecule has 0 unspecified atom stereocenters. The van der Waals surface area contributed by atoms with E-state index in [4.69, 9.17) is 0 Å². The third-order valence-electron chi connectivity index (χ3n) is 1.77. The van der Waals surface area contributed by atoms with Gasteiger partial charge in [0.2, 0.25) is 0 Å². The van der Waals surface area contributed by atoms with Gasteiger partial charge in [-0.15, -0.1) is 0 Å². The van der Waals surface area contributed by atoms with Crippen LogP contribution in [0.3, 0.4) is 0 Å². The molecule has 0 fully saturated rings. The number of unbranched alkanes of at least 4 members (excludes halogenated alkanes) is 1. The average molecular weight is 212 g/mol. The molecule has 0 aliphatic heterocycles. The fraction of sp³-hybridized carbons (Fsp3) is 0.400. The summed E-state index contributed by atoms with van der Waals surface area (Å²) in [7, 11) is 0. The fourth-order valence-corrected chi connectivity index (χ4v) is 1.60. The number of hydrogen-bond donors (Lipinski definition) is 0. The van der Waals surface area contributed by atoms with E-state index in [2.05, 4.69) is 47.2 Å². The van der Waals surface area contributed by atoms with E-state index in [0.717, 1.165) is 0 Å². The predicted molar refractivity (Wildman–Crippen MR) is 50.4 cm³/mol. The molecule has 0 atom stereocenters. The molecule has 0 saturated heterocycles. The third-order valence-corrected chi connectivity index (χ3v) is 2.61. The molecule has 0 aromatic heterocycles. The van der Waals surface area contributed by atoms with Crippen LogP contribution in [0.5, 0.6) is 0 Å². The van der Waals surface area contributed by atoms with E-state index in [1.165, 1.54) is 29.3 Å². The van der Waals surface area contributed by atoms with Crippen molar-refractivity contribution in [3.63, 3.8) is 0 Å². The average Bonchev–Trinajstić information content (AvgIpc) is 2.03. The molecule has 1 aromatic rings. The van der Waals surface area contributed by atoms with E-state index in [0.29, 0.717) is 0 Å². The van der Waals surface area contributed by atoms with Crippen LogP contribution in [-0.4, -0.2) is 16.0 Å². The van der Waals surface area contributed by atoms with Crippen LogP contribution >= 0.6 is 0 Å². The molecule has 0 bridgehead atoms. The summed E-state index contributed by atoms with van der Waals surface area (Å²) < 4.78 is 1.31. The number of aryl methyl sites for hydroxylation is 1. The first-order chi connectivity index (χ1) is 5.34. The molecule has 1 rings (SSSR count). The van der Waals surface area contributed by atoms with E-state index in [9.17, 15) is 0 Å². The Labute approximate surface area is 76.8 Å². The molecule has 1 radical (unpaired) electrons.